The zero-order chi connectivity index (χ0) is 23.6. The van der Waals surface area contributed by atoms with Gasteiger partial charge in [-0.25, -0.2) is 21.8 Å². The molecule has 0 spiro atoms. The summed E-state index contributed by atoms with van der Waals surface area (Å²) in [6.45, 7) is -0.192. The van der Waals surface area contributed by atoms with Gasteiger partial charge in [0.05, 0.1) is 23.4 Å². The molecule has 2 aromatic carbocycles. The number of amides is 1. The molecule has 0 radical (unpaired) electrons. The third-order valence-corrected chi connectivity index (χ3v) is 7.28. The molecule has 1 aliphatic rings. The van der Waals surface area contributed by atoms with Crippen LogP contribution in [0.15, 0.2) is 77.8 Å². The minimum atomic E-state index is -3.86. The molecule has 1 aromatic heterocycles. The van der Waals surface area contributed by atoms with Crippen LogP contribution in [0.25, 0.3) is 0 Å². The van der Waals surface area contributed by atoms with E-state index in [4.69, 9.17) is 4.74 Å². The quantitative estimate of drug-likeness (QED) is 0.542. The Kier molecular flexibility index (Phi) is 5.95. The van der Waals surface area contributed by atoms with Gasteiger partial charge in [0.2, 0.25) is 10.0 Å². The van der Waals surface area contributed by atoms with Crippen LogP contribution in [0.1, 0.15) is 0 Å². The Balaban J connectivity index is 1.48. The fourth-order valence-corrected chi connectivity index (χ4v) is 5.14. The zero-order valence-electron chi connectivity index (χ0n) is 17.4. The van der Waals surface area contributed by atoms with E-state index in [0.29, 0.717) is 11.4 Å². The van der Waals surface area contributed by atoms with Gasteiger partial charge in [-0.3, -0.25) is 13.8 Å². The van der Waals surface area contributed by atoms with Crippen molar-refractivity contribution in [2.75, 3.05) is 27.1 Å². The summed E-state index contributed by atoms with van der Waals surface area (Å²) in [6.07, 6.45) is 1.43. The van der Waals surface area contributed by atoms with E-state index < -0.39 is 32.1 Å². The average molecular weight is 489 g/mol. The summed E-state index contributed by atoms with van der Waals surface area (Å²) in [5.74, 6) is -0.114. The molecule has 0 saturated carbocycles. The molecule has 1 aliphatic heterocycles. The molecule has 0 saturated heterocycles. The van der Waals surface area contributed by atoms with Gasteiger partial charge in [-0.2, -0.15) is 0 Å². The van der Waals surface area contributed by atoms with Crippen LogP contribution in [0.5, 0.6) is 5.75 Å². The fourth-order valence-electron chi connectivity index (χ4n) is 3.21. The number of anilines is 3. The van der Waals surface area contributed by atoms with Gasteiger partial charge in [0.1, 0.15) is 11.6 Å². The van der Waals surface area contributed by atoms with E-state index in [1.54, 1.807) is 36.4 Å². The second-order valence-electron chi connectivity index (χ2n) is 7.20. The number of para-hydroxylation sites is 2. The second kappa shape index (κ2) is 8.71. The fraction of sp³-hybridized carbons (Fsp3) is 0.143. The van der Waals surface area contributed by atoms with Crippen molar-refractivity contribution in [1.29, 1.82) is 0 Å². The first-order chi connectivity index (χ1) is 15.6. The van der Waals surface area contributed by atoms with Crippen molar-refractivity contribution in [1.82, 2.24) is 4.98 Å². The molecule has 3 aromatic rings. The molecule has 10 nitrogen and oxygen atoms in total. The largest absolute Gasteiger partial charge is 0.476 e. The van der Waals surface area contributed by atoms with Gasteiger partial charge in [-0.1, -0.05) is 18.2 Å². The van der Waals surface area contributed by atoms with Crippen LogP contribution in [0.3, 0.4) is 0 Å². The smallest absolute Gasteiger partial charge is 0.267 e. The van der Waals surface area contributed by atoms with Crippen LogP contribution in [-0.4, -0.2) is 46.6 Å². The average Bonchev–Trinajstić information content (AvgIpc) is 2.78. The van der Waals surface area contributed by atoms with E-state index in [1.807, 2.05) is 0 Å². The van der Waals surface area contributed by atoms with E-state index in [2.05, 4.69) is 15.0 Å². The maximum absolute atomic E-state index is 12.8. The van der Waals surface area contributed by atoms with Crippen molar-refractivity contribution >= 4 is 43.1 Å². The second-order valence-corrected chi connectivity index (χ2v) is 10.8. The SMILES string of the molecule is CS(=O)(=O)N1C[C@@H](C(=O)Nc2ccc(S(=O)(=O)Nc3ccccn3)cc2)Oc2ccccc21. The maximum Gasteiger partial charge on any atom is 0.267 e. The Morgan fingerprint density at radius 2 is 1.70 bits per heavy atom. The maximum atomic E-state index is 12.8. The van der Waals surface area contributed by atoms with Crippen LogP contribution in [0.2, 0.25) is 0 Å². The van der Waals surface area contributed by atoms with Crippen molar-refractivity contribution in [2.24, 2.45) is 0 Å². The summed E-state index contributed by atoms with van der Waals surface area (Å²) in [4.78, 5) is 16.7. The number of hydrogen-bond donors (Lipinski definition) is 2. The molecule has 2 N–H and O–H groups in total. The lowest BCUT2D eigenvalue weighted by Gasteiger charge is -2.33. The number of nitrogens with zero attached hydrogens (tertiary/aromatic N) is 2. The monoisotopic (exact) mass is 488 g/mol. The predicted molar refractivity (Wildman–Crippen MR) is 123 cm³/mol. The first kappa shape index (κ1) is 22.6. The third kappa shape index (κ3) is 5.07. The van der Waals surface area contributed by atoms with Gasteiger partial charge in [0, 0.05) is 11.9 Å². The lowest BCUT2D eigenvalue weighted by molar-refractivity contribution is -0.122. The number of benzene rings is 2. The van der Waals surface area contributed by atoms with Crippen LogP contribution in [0.4, 0.5) is 17.2 Å². The molecular formula is C21H20N4O6S2. The molecule has 1 atom stereocenters. The number of pyridine rings is 1. The van der Waals surface area contributed by atoms with Gasteiger partial charge in [0.25, 0.3) is 15.9 Å². The number of carbonyl (C=O) groups excluding carboxylic acids is 1. The highest BCUT2D eigenvalue weighted by Gasteiger charge is 2.34. The van der Waals surface area contributed by atoms with Gasteiger partial charge in [0.15, 0.2) is 6.10 Å². The van der Waals surface area contributed by atoms with Crippen molar-refractivity contribution in [2.45, 2.75) is 11.0 Å². The van der Waals surface area contributed by atoms with Crippen LogP contribution < -0.4 is 19.1 Å². The Hall–Kier alpha value is -3.64. The van der Waals surface area contributed by atoms with E-state index in [1.165, 1.54) is 36.5 Å². The van der Waals surface area contributed by atoms with E-state index in [0.717, 1.165) is 10.6 Å². The van der Waals surface area contributed by atoms with E-state index in [-0.39, 0.29) is 23.0 Å². The van der Waals surface area contributed by atoms with Crippen LogP contribution in [-0.2, 0) is 24.8 Å². The lowest BCUT2D eigenvalue weighted by atomic mass is 10.2. The number of aromatic nitrogens is 1. The third-order valence-electron chi connectivity index (χ3n) is 4.76. The van der Waals surface area contributed by atoms with Crippen LogP contribution >= 0.6 is 0 Å². The van der Waals surface area contributed by atoms with Crippen molar-refractivity contribution in [3.8, 4) is 5.75 Å². The summed E-state index contributed by atoms with van der Waals surface area (Å²) in [5, 5.41) is 2.63. The molecule has 2 heterocycles. The molecule has 33 heavy (non-hydrogen) atoms. The summed E-state index contributed by atoms with van der Waals surface area (Å²) < 4.78 is 58.6. The Bertz CT molecular complexity index is 1380. The zero-order valence-corrected chi connectivity index (χ0v) is 19.0. The van der Waals surface area contributed by atoms with Crippen molar-refractivity contribution in [3.05, 3.63) is 72.9 Å². The summed E-state index contributed by atoms with van der Waals surface area (Å²) in [6, 6.07) is 16.9. The number of carbonyl (C=O) groups is 1. The number of rotatable bonds is 6. The number of ether oxygens (including phenoxy) is 1. The number of nitrogens with one attached hydrogen (secondary N) is 2. The summed E-state index contributed by atoms with van der Waals surface area (Å²) in [5.41, 5.74) is 0.684. The highest BCUT2D eigenvalue weighted by Crippen LogP contribution is 2.34. The first-order valence-corrected chi connectivity index (χ1v) is 13.0. The topological polar surface area (TPSA) is 135 Å². The number of hydrogen-bond acceptors (Lipinski definition) is 7. The minimum absolute atomic E-state index is 0.0164. The van der Waals surface area contributed by atoms with E-state index in [9.17, 15) is 21.6 Å². The standard InChI is InChI=1S/C21H20N4O6S2/c1-32(27,28)25-14-19(31-18-7-3-2-6-17(18)25)21(26)23-15-9-11-16(12-10-15)33(29,30)24-20-8-4-5-13-22-20/h2-13,19H,14H2,1H3,(H,22,24)(H,23,26)/t19-/m0/s1. The Labute approximate surface area is 191 Å². The molecule has 0 fully saturated rings. The predicted octanol–water partition coefficient (Wildman–Crippen LogP) is 2.05. The number of sulfonamides is 2. The Morgan fingerprint density at radius 1 is 1.00 bits per heavy atom. The molecular weight excluding hydrogens is 468 g/mol. The van der Waals surface area contributed by atoms with Crippen LogP contribution in [0, 0.1) is 0 Å². The highest BCUT2D eigenvalue weighted by atomic mass is 32.2. The van der Waals surface area contributed by atoms with E-state index >= 15 is 0 Å². The molecule has 12 heteroatoms. The highest BCUT2D eigenvalue weighted by molar-refractivity contribution is 7.92. The lowest BCUT2D eigenvalue weighted by Crippen LogP contribution is -2.48. The summed E-state index contributed by atoms with van der Waals surface area (Å²) >= 11 is 0. The molecule has 4 rings (SSSR count). The molecule has 0 unspecified atom stereocenters. The molecule has 1 amide bonds. The van der Waals surface area contributed by atoms with Gasteiger partial charge in [-0.05, 0) is 48.5 Å². The summed E-state index contributed by atoms with van der Waals surface area (Å²) in [7, 11) is -7.49. The first-order valence-electron chi connectivity index (χ1n) is 9.72. The van der Waals surface area contributed by atoms with Crippen molar-refractivity contribution < 1.29 is 26.4 Å². The molecule has 172 valence electrons. The molecule has 0 bridgehead atoms. The number of fused-ring (bicyclic) bond motifs is 1. The molecule has 0 aliphatic carbocycles. The van der Waals surface area contributed by atoms with Gasteiger partial charge < -0.3 is 10.1 Å². The Morgan fingerprint density at radius 3 is 2.36 bits per heavy atom. The van der Waals surface area contributed by atoms with Crippen molar-refractivity contribution in [3.63, 3.8) is 0 Å². The minimum Gasteiger partial charge on any atom is -0.476 e. The van der Waals surface area contributed by atoms with Gasteiger partial charge in [-0.15, -0.1) is 0 Å². The normalized spacial score (nSPS) is 15.8. The van der Waals surface area contributed by atoms with Gasteiger partial charge >= 0.3 is 0 Å².